The van der Waals surface area contributed by atoms with E-state index in [-0.39, 0.29) is 12.1 Å². The van der Waals surface area contributed by atoms with E-state index in [1.54, 1.807) is 18.2 Å². The van der Waals surface area contributed by atoms with Gasteiger partial charge in [-0.15, -0.1) is 11.3 Å². The summed E-state index contributed by atoms with van der Waals surface area (Å²) >= 11 is 7.36. The van der Waals surface area contributed by atoms with Crippen LogP contribution in [0.1, 0.15) is 15.2 Å². The van der Waals surface area contributed by atoms with Crippen molar-refractivity contribution in [3.8, 4) is 5.75 Å². The average molecular weight is 392 g/mol. The lowest BCUT2D eigenvalue weighted by atomic mass is 10.2. The van der Waals surface area contributed by atoms with E-state index in [4.69, 9.17) is 16.3 Å². The molecule has 0 spiro atoms. The standard InChI is InChI=1S/C17H14ClN3O4S/c1-25-14-5-4-10(18)7-13(14)20-15(22)12-8-19-17(24)21(16(12)23)9-11-3-2-6-26-11/h2-8H,9H2,1H3,(H,19,24)(H,20,22). The Labute approximate surface area is 156 Å². The van der Waals surface area contributed by atoms with Gasteiger partial charge in [0.05, 0.1) is 19.3 Å². The number of halogens is 1. The maximum Gasteiger partial charge on any atom is 0.328 e. The van der Waals surface area contributed by atoms with Crippen LogP contribution in [0.5, 0.6) is 5.75 Å². The number of carbonyl (C=O) groups is 1. The van der Waals surface area contributed by atoms with Crippen LogP contribution in [-0.2, 0) is 6.54 Å². The molecule has 134 valence electrons. The number of H-pyrrole nitrogens is 1. The average Bonchev–Trinajstić information content (AvgIpc) is 3.12. The number of ether oxygens (including phenoxy) is 1. The van der Waals surface area contributed by atoms with E-state index in [2.05, 4.69) is 10.3 Å². The molecule has 0 fully saturated rings. The lowest BCUT2D eigenvalue weighted by molar-refractivity contribution is 0.102. The van der Waals surface area contributed by atoms with Crippen LogP contribution in [0, 0.1) is 0 Å². The van der Waals surface area contributed by atoms with E-state index < -0.39 is 17.2 Å². The molecular formula is C17H14ClN3O4S. The maximum atomic E-state index is 12.6. The van der Waals surface area contributed by atoms with Crippen molar-refractivity contribution < 1.29 is 9.53 Å². The van der Waals surface area contributed by atoms with E-state index in [0.29, 0.717) is 16.5 Å². The first-order valence-corrected chi connectivity index (χ1v) is 8.75. The fourth-order valence-corrected chi connectivity index (χ4v) is 3.21. The molecule has 0 radical (unpaired) electrons. The summed E-state index contributed by atoms with van der Waals surface area (Å²) in [5, 5.41) is 4.83. The highest BCUT2D eigenvalue weighted by Crippen LogP contribution is 2.27. The van der Waals surface area contributed by atoms with Gasteiger partial charge in [0, 0.05) is 16.1 Å². The molecule has 1 aromatic carbocycles. The van der Waals surface area contributed by atoms with Crippen LogP contribution >= 0.6 is 22.9 Å². The minimum Gasteiger partial charge on any atom is -0.495 e. The van der Waals surface area contributed by atoms with Gasteiger partial charge in [-0.2, -0.15) is 0 Å². The lowest BCUT2D eigenvalue weighted by Crippen LogP contribution is -2.39. The van der Waals surface area contributed by atoms with Crippen molar-refractivity contribution in [2.45, 2.75) is 6.54 Å². The van der Waals surface area contributed by atoms with E-state index >= 15 is 0 Å². The molecule has 2 aromatic heterocycles. The van der Waals surface area contributed by atoms with Crippen molar-refractivity contribution in [2.75, 3.05) is 12.4 Å². The number of rotatable bonds is 5. The van der Waals surface area contributed by atoms with Crippen LogP contribution in [0.25, 0.3) is 0 Å². The van der Waals surface area contributed by atoms with Gasteiger partial charge in [-0.1, -0.05) is 17.7 Å². The van der Waals surface area contributed by atoms with Gasteiger partial charge in [0.2, 0.25) is 0 Å². The highest BCUT2D eigenvalue weighted by molar-refractivity contribution is 7.09. The molecule has 2 heterocycles. The summed E-state index contributed by atoms with van der Waals surface area (Å²) in [6.45, 7) is 0.0907. The number of amides is 1. The zero-order valence-corrected chi connectivity index (χ0v) is 15.2. The Morgan fingerprint density at radius 1 is 1.35 bits per heavy atom. The highest BCUT2D eigenvalue weighted by atomic mass is 35.5. The molecule has 0 aliphatic heterocycles. The van der Waals surface area contributed by atoms with Crippen LogP contribution in [0.3, 0.4) is 0 Å². The van der Waals surface area contributed by atoms with E-state index in [1.807, 2.05) is 11.4 Å². The number of benzene rings is 1. The fraction of sp³-hybridized carbons (Fsp3) is 0.118. The largest absolute Gasteiger partial charge is 0.495 e. The molecule has 9 heteroatoms. The monoisotopic (exact) mass is 391 g/mol. The molecule has 0 aliphatic rings. The number of thiophene rings is 1. The SMILES string of the molecule is COc1ccc(Cl)cc1NC(=O)c1c[nH]c(=O)n(Cc2cccs2)c1=O. The molecule has 0 saturated heterocycles. The summed E-state index contributed by atoms with van der Waals surface area (Å²) in [5.41, 5.74) is -1.13. The minimum absolute atomic E-state index is 0.0907. The molecule has 0 bridgehead atoms. The van der Waals surface area contributed by atoms with Gasteiger partial charge in [0.15, 0.2) is 0 Å². The molecule has 7 nitrogen and oxygen atoms in total. The van der Waals surface area contributed by atoms with E-state index in [1.165, 1.54) is 24.5 Å². The van der Waals surface area contributed by atoms with Crippen molar-refractivity contribution in [3.63, 3.8) is 0 Å². The smallest absolute Gasteiger partial charge is 0.328 e. The summed E-state index contributed by atoms with van der Waals surface area (Å²) < 4.78 is 6.15. The summed E-state index contributed by atoms with van der Waals surface area (Å²) in [6, 6.07) is 8.35. The Morgan fingerprint density at radius 2 is 2.15 bits per heavy atom. The molecule has 3 rings (SSSR count). The van der Waals surface area contributed by atoms with Crippen LogP contribution in [0.4, 0.5) is 5.69 Å². The third-order valence-corrected chi connectivity index (χ3v) is 4.71. The Morgan fingerprint density at radius 3 is 2.85 bits per heavy atom. The van der Waals surface area contributed by atoms with Gasteiger partial charge in [-0.3, -0.25) is 14.2 Å². The molecule has 26 heavy (non-hydrogen) atoms. The van der Waals surface area contributed by atoms with Crippen molar-refractivity contribution in [2.24, 2.45) is 0 Å². The Bertz CT molecular complexity index is 1060. The summed E-state index contributed by atoms with van der Waals surface area (Å²) in [6.07, 6.45) is 1.10. The highest BCUT2D eigenvalue weighted by Gasteiger charge is 2.17. The molecule has 0 atom stereocenters. The third kappa shape index (κ3) is 3.71. The maximum absolute atomic E-state index is 12.6. The fourth-order valence-electron chi connectivity index (χ4n) is 2.34. The number of nitrogens with one attached hydrogen (secondary N) is 2. The second-order valence-electron chi connectivity index (χ2n) is 5.28. The first-order chi connectivity index (χ1) is 12.5. The Balaban J connectivity index is 1.94. The molecule has 0 aliphatic carbocycles. The molecule has 2 N–H and O–H groups in total. The predicted octanol–water partition coefficient (Wildman–Crippen LogP) is 2.56. The molecule has 0 unspecified atom stereocenters. The van der Waals surface area contributed by atoms with Gasteiger partial charge in [0.25, 0.3) is 11.5 Å². The van der Waals surface area contributed by atoms with Crippen molar-refractivity contribution in [3.05, 3.63) is 78.2 Å². The van der Waals surface area contributed by atoms with Gasteiger partial charge >= 0.3 is 5.69 Å². The number of aromatic nitrogens is 2. The van der Waals surface area contributed by atoms with Crippen molar-refractivity contribution >= 4 is 34.5 Å². The normalized spacial score (nSPS) is 10.5. The summed E-state index contributed by atoms with van der Waals surface area (Å²) in [5.74, 6) is -0.280. The number of anilines is 1. The van der Waals surface area contributed by atoms with Crippen molar-refractivity contribution in [1.82, 2.24) is 9.55 Å². The van der Waals surface area contributed by atoms with Crippen LogP contribution in [0.15, 0.2) is 51.5 Å². The van der Waals surface area contributed by atoms with Gasteiger partial charge in [-0.05, 0) is 29.6 Å². The molecule has 1 amide bonds. The van der Waals surface area contributed by atoms with Crippen LogP contribution in [-0.4, -0.2) is 22.6 Å². The number of nitrogens with zero attached hydrogens (tertiary/aromatic N) is 1. The summed E-state index contributed by atoms with van der Waals surface area (Å²) in [7, 11) is 1.45. The molecular weight excluding hydrogens is 378 g/mol. The number of aromatic amines is 1. The predicted molar refractivity (Wildman–Crippen MR) is 101 cm³/mol. The zero-order valence-electron chi connectivity index (χ0n) is 13.6. The van der Waals surface area contributed by atoms with Gasteiger partial charge in [0.1, 0.15) is 11.3 Å². The van der Waals surface area contributed by atoms with Gasteiger partial charge < -0.3 is 15.0 Å². The first kappa shape index (κ1) is 18.0. The quantitative estimate of drug-likeness (QED) is 0.699. The topological polar surface area (TPSA) is 93.2 Å². The Hall–Kier alpha value is -2.84. The lowest BCUT2D eigenvalue weighted by Gasteiger charge is -2.11. The van der Waals surface area contributed by atoms with Crippen molar-refractivity contribution in [1.29, 1.82) is 0 Å². The number of carbonyl (C=O) groups excluding carboxylic acids is 1. The van der Waals surface area contributed by atoms with E-state index in [9.17, 15) is 14.4 Å². The molecule has 0 saturated carbocycles. The number of hydrogen-bond donors (Lipinski definition) is 2. The number of hydrogen-bond acceptors (Lipinski definition) is 5. The molecule has 3 aromatic rings. The zero-order chi connectivity index (χ0) is 18.7. The summed E-state index contributed by atoms with van der Waals surface area (Å²) in [4.78, 5) is 40.4. The van der Waals surface area contributed by atoms with Crippen LogP contribution in [0.2, 0.25) is 5.02 Å². The second-order valence-corrected chi connectivity index (χ2v) is 6.75. The number of methoxy groups -OCH3 is 1. The first-order valence-electron chi connectivity index (χ1n) is 7.49. The minimum atomic E-state index is -0.680. The Kier molecular flexibility index (Phi) is 5.24. The van der Waals surface area contributed by atoms with Crippen LogP contribution < -0.4 is 21.3 Å². The van der Waals surface area contributed by atoms with E-state index in [0.717, 1.165) is 15.6 Å². The third-order valence-electron chi connectivity index (χ3n) is 3.61. The second kappa shape index (κ2) is 7.59. The van der Waals surface area contributed by atoms with Gasteiger partial charge in [-0.25, -0.2) is 4.79 Å².